The molecule has 0 bridgehead atoms. The summed E-state index contributed by atoms with van der Waals surface area (Å²) in [6.07, 6.45) is 0.576. The van der Waals surface area contributed by atoms with E-state index in [-0.39, 0.29) is 11.2 Å². The standard InChI is InChI=1S/C12H11IN2O2/c1-15-10(7-11(16)14-12(15)17)6-8-2-4-9(13)5-3-8/h2-5,7H,6H2,1H3,(H,14,16,17). The van der Waals surface area contributed by atoms with E-state index in [1.807, 2.05) is 24.3 Å². The summed E-state index contributed by atoms with van der Waals surface area (Å²) in [6, 6.07) is 9.45. The van der Waals surface area contributed by atoms with E-state index >= 15 is 0 Å². The number of benzene rings is 1. The molecule has 1 aromatic heterocycles. The van der Waals surface area contributed by atoms with Gasteiger partial charge in [0.25, 0.3) is 5.56 Å². The third kappa shape index (κ3) is 2.85. The summed E-state index contributed by atoms with van der Waals surface area (Å²) < 4.78 is 2.62. The van der Waals surface area contributed by atoms with Crippen LogP contribution in [-0.4, -0.2) is 9.55 Å². The summed E-state index contributed by atoms with van der Waals surface area (Å²) in [6.45, 7) is 0. The first-order chi connectivity index (χ1) is 8.06. The van der Waals surface area contributed by atoms with Gasteiger partial charge in [0.05, 0.1) is 0 Å². The van der Waals surface area contributed by atoms with Gasteiger partial charge in [-0.25, -0.2) is 4.79 Å². The molecule has 2 rings (SSSR count). The molecule has 88 valence electrons. The van der Waals surface area contributed by atoms with E-state index in [0.717, 1.165) is 9.13 Å². The van der Waals surface area contributed by atoms with E-state index in [2.05, 4.69) is 27.6 Å². The molecule has 0 unspecified atom stereocenters. The van der Waals surface area contributed by atoms with Crippen LogP contribution >= 0.6 is 22.6 Å². The summed E-state index contributed by atoms with van der Waals surface area (Å²) >= 11 is 2.23. The zero-order valence-electron chi connectivity index (χ0n) is 9.24. The van der Waals surface area contributed by atoms with Crippen LogP contribution in [0.1, 0.15) is 11.3 Å². The number of H-pyrrole nitrogens is 1. The summed E-state index contributed by atoms with van der Waals surface area (Å²) in [7, 11) is 1.65. The van der Waals surface area contributed by atoms with Crippen molar-refractivity contribution in [3.8, 4) is 0 Å². The SMILES string of the molecule is Cn1c(Cc2ccc(I)cc2)cc(=O)[nH]c1=O. The molecule has 0 aliphatic rings. The van der Waals surface area contributed by atoms with Crippen molar-refractivity contribution in [2.24, 2.45) is 7.05 Å². The molecule has 4 nitrogen and oxygen atoms in total. The van der Waals surface area contributed by atoms with Crippen molar-refractivity contribution < 1.29 is 0 Å². The van der Waals surface area contributed by atoms with Crippen LogP contribution in [0.3, 0.4) is 0 Å². The second kappa shape index (κ2) is 4.87. The van der Waals surface area contributed by atoms with Gasteiger partial charge in [0.1, 0.15) is 0 Å². The summed E-state index contributed by atoms with van der Waals surface area (Å²) in [5.74, 6) is 0. The van der Waals surface area contributed by atoms with Crippen molar-refractivity contribution in [1.29, 1.82) is 0 Å². The minimum atomic E-state index is -0.377. The highest BCUT2D eigenvalue weighted by atomic mass is 127. The predicted molar refractivity (Wildman–Crippen MR) is 74.3 cm³/mol. The fraction of sp³-hybridized carbons (Fsp3) is 0.167. The maximum atomic E-state index is 11.4. The lowest BCUT2D eigenvalue weighted by molar-refractivity contribution is 0.745. The first-order valence-corrected chi connectivity index (χ1v) is 6.18. The van der Waals surface area contributed by atoms with E-state index in [9.17, 15) is 9.59 Å². The van der Waals surface area contributed by atoms with Crippen LogP contribution < -0.4 is 11.2 Å². The molecule has 0 saturated carbocycles. The van der Waals surface area contributed by atoms with Gasteiger partial charge in [0, 0.05) is 28.8 Å². The van der Waals surface area contributed by atoms with Gasteiger partial charge in [-0.3, -0.25) is 9.78 Å². The Hall–Kier alpha value is -1.37. The molecular weight excluding hydrogens is 331 g/mol. The third-order valence-corrected chi connectivity index (χ3v) is 3.28. The number of halogens is 1. The van der Waals surface area contributed by atoms with E-state index in [0.29, 0.717) is 12.1 Å². The van der Waals surface area contributed by atoms with Crippen LogP contribution in [0, 0.1) is 3.57 Å². The minimum Gasteiger partial charge on any atom is -0.300 e. The van der Waals surface area contributed by atoms with Crippen LogP contribution in [-0.2, 0) is 13.5 Å². The Morgan fingerprint density at radius 1 is 1.24 bits per heavy atom. The van der Waals surface area contributed by atoms with Gasteiger partial charge in [-0.1, -0.05) is 12.1 Å². The molecule has 1 aromatic carbocycles. The first-order valence-electron chi connectivity index (χ1n) is 5.10. The summed E-state index contributed by atoms with van der Waals surface area (Å²) in [4.78, 5) is 24.9. The van der Waals surface area contributed by atoms with Crippen LogP contribution in [0.2, 0.25) is 0 Å². The van der Waals surface area contributed by atoms with Gasteiger partial charge in [0.15, 0.2) is 0 Å². The number of hydrogen-bond acceptors (Lipinski definition) is 2. The van der Waals surface area contributed by atoms with E-state index in [4.69, 9.17) is 0 Å². The Balaban J connectivity index is 2.39. The molecule has 0 aliphatic heterocycles. The molecular formula is C12H11IN2O2. The van der Waals surface area contributed by atoms with Crippen molar-refractivity contribution in [3.63, 3.8) is 0 Å². The molecule has 0 amide bonds. The molecule has 0 fully saturated rings. The molecule has 17 heavy (non-hydrogen) atoms. The highest BCUT2D eigenvalue weighted by Crippen LogP contribution is 2.10. The van der Waals surface area contributed by atoms with Gasteiger partial charge in [-0.05, 0) is 40.3 Å². The molecule has 0 atom stereocenters. The van der Waals surface area contributed by atoms with Crippen LogP contribution in [0.4, 0.5) is 0 Å². The van der Waals surface area contributed by atoms with E-state index in [1.165, 1.54) is 10.6 Å². The molecule has 1 N–H and O–H groups in total. The van der Waals surface area contributed by atoms with Gasteiger partial charge in [-0.2, -0.15) is 0 Å². The van der Waals surface area contributed by atoms with Crippen LogP contribution in [0.5, 0.6) is 0 Å². The van der Waals surface area contributed by atoms with Gasteiger partial charge in [0.2, 0.25) is 0 Å². The van der Waals surface area contributed by atoms with Crippen LogP contribution in [0.15, 0.2) is 39.9 Å². The average Bonchev–Trinajstić information content (AvgIpc) is 2.28. The number of aromatic nitrogens is 2. The lowest BCUT2D eigenvalue weighted by atomic mass is 10.1. The number of nitrogens with zero attached hydrogens (tertiary/aromatic N) is 1. The molecule has 5 heteroatoms. The third-order valence-electron chi connectivity index (χ3n) is 2.56. The number of rotatable bonds is 2. The van der Waals surface area contributed by atoms with Crippen molar-refractivity contribution in [3.05, 3.63) is 66.0 Å². The lowest BCUT2D eigenvalue weighted by Gasteiger charge is -2.06. The first kappa shape index (κ1) is 12.1. The zero-order chi connectivity index (χ0) is 12.4. The fourth-order valence-electron chi connectivity index (χ4n) is 1.58. The Morgan fingerprint density at radius 3 is 2.53 bits per heavy atom. The Morgan fingerprint density at radius 2 is 1.88 bits per heavy atom. The molecule has 1 heterocycles. The van der Waals surface area contributed by atoms with Crippen molar-refractivity contribution in [2.45, 2.75) is 6.42 Å². The van der Waals surface area contributed by atoms with Crippen molar-refractivity contribution in [1.82, 2.24) is 9.55 Å². The second-order valence-corrected chi connectivity index (χ2v) is 5.04. The summed E-state index contributed by atoms with van der Waals surface area (Å²) in [5.41, 5.74) is 1.05. The lowest BCUT2D eigenvalue weighted by Crippen LogP contribution is -2.30. The molecule has 0 radical (unpaired) electrons. The molecule has 0 spiro atoms. The quantitative estimate of drug-likeness (QED) is 0.836. The maximum absolute atomic E-state index is 11.4. The number of aromatic amines is 1. The number of hydrogen-bond donors (Lipinski definition) is 1. The Labute approximate surface area is 111 Å². The van der Waals surface area contributed by atoms with Crippen molar-refractivity contribution >= 4 is 22.6 Å². The minimum absolute atomic E-state index is 0.353. The average molecular weight is 342 g/mol. The Kier molecular flexibility index (Phi) is 3.46. The van der Waals surface area contributed by atoms with Gasteiger partial charge < -0.3 is 4.57 Å². The van der Waals surface area contributed by atoms with Crippen LogP contribution in [0.25, 0.3) is 0 Å². The fourth-order valence-corrected chi connectivity index (χ4v) is 1.94. The normalized spacial score (nSPS) is 10.5. The van der Waals surface area contributed by atoms with E-state index < -0.39 is 0 Å². The highest BCUT2D eigenvalue weighted by molar-refractivity contribution is 14.1. The van der Waals surface area contributed by atoms with Gasteiger partial charge >= 0.3 is 5.69 Å². The van der Waals surface area contributed by atoms with Crippen molar-refractivity contribution in [2.75, 3.05) is 0 Å². The highest BCUT2D eigenvalue weighted by Gasteiger charge is 2.03. The number of nitrogens with one attached hydrogen (secondary N) is 1. The Bertz CT molecular complexity index is 641. The monoisotopic (exact) mass is 342 g/mol. The smallest absolute Gasteiger partial charge is 0.300 e. The largest absolute Gasteiger partial charge is 0.328 e. The molecule has 2 aromatic rings. The summed E-state index contributed by atoms with van der Waals surface area (Å²) in [5, 5.41) is 0. The zero-order valence-corrected chi connectivity index (χ0v) is 11.4. The predicted octanol–water partition coefficient (Wildman–Crippen LogP) is 1.27. The molecule has 0 aliphatic carbocycles. The maximum Gasteiger partial charge on any atom is 0.328 e. The van der Waals surface area contributed by atoms with Gasteiger partial charge in [-0.15, -0.1) is 0 Å². The van der Waals surface area contributed by atoms with E-state index in [1.54, 1.807) is 7.05 Å². The second-order valence-electron chi connectivity index (χ2n) is 3.79. The topological polar surface area (TPSA) is 54.9 Å². The molecule has 0 saturated heterocycles.